The minimum absolute atomic E-state index is 0.268. The van der Waals surface area contributed by atoms with Crippen molar-refractivity contribution in [2.75, 3.05) is 7.11 Å². The van der Waals surface area contributed by atoms with Crippen LogP contribution in [0.3, 0.4) is 0 Å². The predicted molar refractivity (Wildman–Crippen MR) is 146 cm³/mol. The summed E-state index contributed by atoms with van der Waals surface area (Å²) < 4.78 is 25.0. The minimum atomic E-state index is -1.31. The lowest BCUT2D eigenvalue weighted by Gasteiger charge is -2.34. The molecule has 4 unspecified atom stereocenters. The standard InChI is InChI=1S/C32H34FNO6/c1-18-17-25(19(2)40-18)30(35)27-26(20-11-15-24(39-3)16-12-20)29(32(37)38)34(31(36)22-7-5-4-6-8-22)28(27)21-9-13-23(33)14-10-21/h9-17,22,26-29H,4-8H2,1-3H3,(H,37,38). The summed E-state index contributed by atoms with van der Waals surface area (Å²) in [6, 6.07) is 12.1. The highest BCUT2D eigenvalue weighted by atomic mass is 19.1. The molecule has 2 fully saturated rings. The number of nitrogens with zero attached hydrogens (tertiary/aromatic N) is 1. The van der Waals surface area contributed by atoms with E-state index in [0.717, 1.165) is 19.3 Å². The number of amides is 1. The van der Waals surface area contributed by atoms with Gasteiger partial charge in [-0.3, -0.25) is 9.59 Å². The number of methoxy groups -OCH3 is 1. The summed E-state index contributed by atoms with van der Waals surface area (Å²) in [5.41, 5.74) is 1.48. The number of carbonyl (C=O) groups excluding carboxylic acids is 2. The van der Waals surface area contributed by atoms with Crippen molar-refractivity contribution >= 4 is 17.7 Å². The van der Waals surface area contributed by atoms with E-state index in [1.807, 2.05) is 0 Å². The highest BCUT2D eigenvalue weighted by molar-refractivity contribution is 6.02. The second-order valence-corrected chi connectivity index (χ2v) is 10.9. The minimum Gasteiger partial charge on any atom is -0.497 e. The highest BCUT2D eigenvalue weighted by Crippen LogP contribution is 2.52. The van der Waals surface area contributed by atoms with Gasteiger partial charge in [0.2, 0.25) is 5.91 Å². The Morgan fingerprint density at radius 3 is 2.12 bits per heavy atom. The zero-order valence-electron chi connectivity index (χ0n) is 22.9. The van der Waals surface area contributed by atoms with Gasteiger partial charge in [-0.15, -0.1) is 0 Å². The molecule has 0 spiro atoms. The molecule has 0 bridgehead atoms. The SMILES string of the molecule is COc1ccc(C2C(C(=O)c3cc(C)oc3C)C(c3ccc(F)cc3)N(C(=O)C3CCCCC3)C2C(=O)O)cc1. The molecule has 1 aliphatic heterocycles. The zero-order valence-corrected chi connectivity index (χ0v) is 22.9. The first-order valence-electron chi connectivity index (χ1n) is 13.8. The summed E-state index contributed by atoms with van der Waals surface area (Å²) in [4.78, 5) is 43.2. The van der Waals surface area contributed by atoms with Crippen LogP contribution in [0, 0.1) is 31.5 Å². The highest BCUT2D eigenvalue weighted by Gasteiger charge is 2.58. The maximum atomic E-state index is 14.5. The van der Waals surface area contributed by atoms with Crippen LogP contribution in [-0.4, -0.2) is 40.8 Å². The predicted octanol–water partition coefficient (Wildman–Crippen LogP) is 6.24. The molecule has 3 aromatic rings. The van der Waals surface area contributed by atoms with Gasteiger partial charge < -0.3 is 19.2 Å². The van der Waals surface area contributed by atoms with E-state index in [-0.39, 0.29) is 17.6 Å². The van der Waals surface area contributed by atoms with E-state index in [9.17, 15) is 23.9 Å². The fraction of sp³-hybridized carbons (Fsp3) is 0.406. The molecule has 2 aliphatic rings. The Labute approximate surface area is 232 Å². The first-order chi connectivity index (χ1) is 19.2. The summed E-state index contributed by atoms with van der Waals surface area (Å²) in [5.74, 6) is -2.81. The lowest BCUT2D eigenvalue weighted by Crippen LogP contribution is -2.46. The van der Waals surface area contributed by atoms with Crippen molar-refractivity contribution in [2.45, 2.75) is 64.0 Å². The molecule has 2 aromatic carbocycles. The monoisotopic (exact) mass is 547 g/mol. The molecule has 5 rings (SSSR count). The van der Waals surface area contributed by atoms with Crippen molar-refractivity contribution < 1.29 is 33.0 Å². The molecule has 1 aliphatic carbocycles. The van der Waals surface area contributed by atoms with Crippen LogP contribution in [0.4, 0.5) is 4.39 Å². The molecule has 1 aromatic heterocycles. The number of ketones is 1. The summed E-state index contributed by atoms with van der Waals surface area (Å²) in [7, 11) is 1.54. The Balaban J connectivity index is 1.74. The smallest absolute Gasteiger partial charge is 0.327 e. The number of Topliss-reactive ketones (excluding diaryl/α,β-unsaturated/α-hetero) is 1. The quantitative estimate of drug-likeness (QED) is 0.352. The Morgan fingerprint density at radius 2 is 1.57 bits per heavy atom. The summed E-state index contributed by atoms with van der Waals surface area (Å²) in [6.45, 7) is 3.44. The van der Waals surface area contributed by atoms with Crippen molar-refractivity contribution in [2.24, 2.45) is 11.8 Å². The van der Waals surface area contributed by atoms with Gasteiger partial charge in [-0.2, -0.15) is 0 Å². The Morgan fingerprint density at radius 1 is 0.950 bits per heavy atom. The fourth-order valence-electron chi connectivity index (χ4n) is 6.62. The van der Waals surface area contributed by atoms with Gasteiger partial charge in [0.05, 0.1) is 24.6 Å². The molecule has 8 heteroatoms. The molecule has 2 heterocycles. The number of ether oxygens (including phenoxy) is 1. The van der Waals surface area contributed by atoms with E-state index in [1.54, 1.807) is 56.3 Å². The van der Waals surface area contributed by atoms with Gasteiger partial charge in [0.1, 0.15) is 29.1 Å². The van der Waals surface area contributed by atoms with E-state index >= 15 is 0 Å². The molecule has 1 amide bonds. The summed E-state index contributed by atoms with van der Waals surface area (Å²) >= 11 is 0. The molecule has 1 saturated carbocycles. The molecule has 1 N–H and O–H groups in total. The number of aryl methyl sites for hydroxylation is 2. The van der Waals surface area contributed by atoms with Crippen LogP contribution in [0.15, 0.2) is 59.0 Å². The summed E-state index contributed by atoms with van der Waals surface area (Å²) in [6.07, 6.45) is 4.15. The van der Waals surface area contributed by atoms with Gasteiger partial charge in [-0.25, -0.2) is 9.18 Å². The first kappa shape index (κ1) is 27.6. The third kappa shape index (κ3) is 5.03. The van der Waals surface area contributed by atoms with Gasteiger partial charge in [0.25, 0.3) is 0 Å². The zero-order chi connectivity index (χ0) is 28.6. The number of halogens is 1. The number of likely N-dealkylation sites (tertiary alicyclic amines) is 1. The van der Waals surface area contributed by atoms with Crippen LogP contribution in [0.25, 0.3) is 0 Å². The van der Waals surface area contributed by atoms with Gasteiger partial charge in [-0.05, 0) is 68.1 Å². The van der Waals surface area contributed by atoms with Crippen LogP contribution in [0.1, 0.15) is 77.1 Å². The maximum absolute atomic E-state index is 14.5. The Kier molecular flexibility index (Phi) is 7.79. The molecular weight excluding hydrogens is 513 g/mol. The number of aliphatic carboxylic acids is 1. The normalized spacial score (nSPS) is 23.2. The van der Waals surface area contributed by atoms with Gasteiger partial charge in [-0.1, -0.05) is 43.5 Å². The fourth-order valence-corrected chi connectivity index (χ4v) is 6.62. The van der Waals surface area contributed by atoms with Crippen LogP contribution in [0.2, 0.25) is 0 Å². The van der Waals surface area contributed by atoms with Gasteiger partial charge in [0, 0.05) is 11.8 Å². The Bertz CT molecular complexity index is 1390. The third-order valence-corrected chi connectivity index (χ3v) is 8.45. The number of carbonyl (C=O) groups is 3. The second-order valence-electron chi connectivity index (χ2n) is 10.9. The van der Waals surface area contributed by atoms with E-state index in [2.05, 4.69) is 0 Å². The molecular formula is C32H34FNO6. The molecule has 40 heavy (non-hydrogen) atoms. The average Bonchev–Trinajstić information content (AvgIpc) is 3.50. The van der Waals surface area contributed by atoms with Gasteiger partial charge in [0.15, 0.2) is 5.78 Å². The number of carboxylic acids is 1. The van der Waals surface area contributed by atoms with Crippen molar-refractivity contribution in [3.8, 4) is 5.75 Å². The van der Waals surface area contributed by atoms with Crippen LogP contribution in [0.5, 0.6) is 5.75 Å². The van der Waals surface area contributed by atoms with Crippen molar-refractivity contribution in [3.63, 3.8) is 0 Å². The topological polar surface area (TPSA) is 97.0 Å². The summed E-state index contributed by atoms with van der Waals surface area (Å²) in [5, 5.41) is 10.7. The lowest BCUT2D eigenvalue weighted by atomic mass is 9.76. The molecule has 210 valence electrons. The van der Waals surface area contributed by atoms with E-state index in [0.29, 0.717) is 46.8 Å². The van der Waals surface area contributed by atoms with E-state index in [1.165, 1.54) is 24.1 Å². The second kappa shape index (κ2) is 11.3. The number of hydrogen-bond acceptors (Lipinski definition) is 5. The number of carboxylic acid groups (broad SMARTS) is 1. The number of benzene rings is 2. The number of furan rings is 1. The van der Waals surface area contributed by atoms with Crippen molar-refractivity contribution in [1.29, 1.82) is 0 Å². The lowest BCUT2D eigenvalue weighted by molar-refractivity contribution is -0.152. The maximum Gasteiger partial charge on any atom is 0.327 e. The molecule has 0 radical (unpaired) electrons. The van der Waals surface area contributed by atoms with Crippen molar-refractivity contribution in [3.05, 3.63) is 88.6 Å². The third-order valence-electron chi connectivity index (χ3n) is 8.45. The number of rotatable bonds is 7. The average molecular weight is 548 g/mol. The van der Waals surface area contributed by atoms with E-state index in [4.69, 9.17) is 9.15 Å². The Hall–Kier alpha value is -3.94. The molecule has 1 saturated heterocycles. The van der Waals surface area contributed by atoms with Crippen LogP contribution < -0.4 is 4.74 Å². The molecule has 7 nitrogen and oxygen atoms in total. The van der Waals surface area contributed by atoms with E-state index < -0.39 is 35.7 Å². The van der Waals surface area contributed by atoms with Crippen LogP contribution >= 0.6 is 0 Å². The largest absolute Gasteiger partial charge is 0.497 e. The first-order valence-corrected chi connectivity index (χ1v) is 13.8. The number of hydrogen-bond donors (Lipinski definition) is 1. The van der Waals surface area contributed by atoms with Crippen LogP contribution in [-0.2, 0) is 9.59 Å². The molecule has 4 atom stereocenters. The van der Waals surface area contributed by atoms with Crippen molar-refractivity contribution in [1.82, 2.24) is 4.90 Å². The van der Waals surface area contributed by atoms with Gasteiger partial charge >= 0.3 is 5.97 Å².